The third kappa shape index (κ3) is 3.91. The molecule has 4 rings (SSSR count). The second kappa shape index (κ2) is 8.20. The molecule has 0 atom stereocenters. The van der Waals surface area contributed by atoms with Crippen molar-refractivity contribution < 1.29 is 4.79 Å². The molecule has 0 unspecified atom stereocenters. The van der Waals surface area contributed by atoms with Crippen LogP contribution in [0.25, 0.3) is 10.6 Å². The molecule has 7 nitrogen and oxygen atoms in total. The number of halogens is 1. The number of likely N-dealkylation sites (tertiary alicyclic amines) is 1. The fraction of sp³-hybridized carbons (Fsp3) is 0.450. The smallest absolute Gasteiger partial charge is 0.273 e. The Kier molecular flexibility index (Phi) is 5.65. The summed E-state index contributed by atoms with van der Waals surface area (Å²) in [6, 6.07) is 1.93. The van der Waals surface area contributed by atoms with Gasteiger partial charge in [-0.25, -0.2) is 15.0 Å². The molecule has 1 amide bonds. The lowest BCUT2D eigenvalue weighted by Crippen LogP contribution is -2.39. The molecular formula is C20H23ClN6OS. The lowest BCUT2D eigenvalue weighted by atomic mass is 9.97. The van der Waals surface area contributed by atoms with Crippen LogP contribution in [0.1, 0.15) is 52.7 Å². The van der Waals surface area contributed by atoms with E-state index in [1.165, 1.54) is 0 Å². The molecule has 1 aliphatic heterocycles. The van der Waals surface area contributed by atoms with Gasteiger partial charge in [0.2, 0.25) is 0 Å². The molecule has 0 aliphatic carbocycles. The van der Waals surface area contributed by atoms with Crippen molar-refractivity contribution in [3.05, 3.63) is 45.7 Å². The molecule has 4 heterocycles. The van der Waals surface area contributed by atoms with Gasteiger partial charge in [-0.2, -0.15) is 5.10 Å². The Morgan fingerprint density at radius 3 is 2.72 bits per heavy atom. The van der Waals surface area contributed by atoms with Gasteiger partial charge in [0.05, 0.1) is 32.5 Å². The van der Waals surface area contributed by atoms with Gasteiger partial charge in [-0.3, -0.25) is 9.48 Å². The Labute approximate surface area is 178 Å². The van der Waals surface area contributed by atoms with Crippen LogP contribution in [0.4, 0.5) is 0 Å². The number of carbonyl (C=O) groups is 1. The number of hydrogen-bond donors (Lipinski definition) is 0. The normalized spacial score (nSPS) is 15.1. The Morgan fingerprint density at radius 2 is 2.03 bits per heavy atom. The summed E-state index contributed by atoms with van der Waals surface area (Å²) in [5.74, 6) is 1.07. The molecule has 3 aromatic heterocycles. The monoisotopic (exact) mass is 430 g/mol. The zero-order valence-corrected chi connectivity index (χ0v) is 18.3. The van der Waals surface area contributed by atoms with Crippen molar-refractivity contribution in [3.8, 4) is 10.6 Å². The molecule has 0 saturated carbocycles. The van der Waals surface area contributed by atoms with E-state index in [-0.39, 0.29) is 5.91 Å². The van der Waals surface area contributed by atoms with Crippen molar-refractivity contribution in [1.82, 2.24) is 29.6 Å². The van der Waals surface area contributed by atoms with Crippen LogP contribution in [0, 0.1) is 13.8 Å². The van der Waals surface area contributed by atoms with Gasteiger partial charge >= 0.3 is 0 Å². The first-order chi connectivity index (χ1) is 14.0. The summed E-state index contributed by atoms with van der Waals surface area (Å²) < 4.78 is 1.66. The van der Waals surface area contributed by atoms with Crippen molar-refractivity contribution in [3.63, 3.8) is 0 Å². The van der Waals surface area contributed by atoms with E-state index in [0.717, 1.165) is 39.9 Å². The van der Waals surface area contributed by atoms with Crippen molar-refractivity contribution >= 4 is 28.8 Å². The number of amides is 1. The van der Waals surface area contributed by atoms with E-state index in [0.29, 0.717) is 36.3 Å². The standard InChI is InChI=1S/C20H23ClN6OS/c1-4-27-17(15(21)11-23-27)20(28)26-9-6-14(7-10-26)19-24-12(2)18(29-19)16-5-8-22-13(3)25-16/h5,8,11,14H,4,6-7,9-10H2,1-3H3. The number of aryl methyl sites for hydroxylation is 3. The molecule has 29 heavy (non-hydrogen) atoms. The average Bonchev–Trinajstić information content (AvgIpc) is 3.30. The maximum atomic E-state index is 12.9. The van der Waals surface area contributed by atoms with Gasteiger partial charge in [0, 0.05) is 31.7 Å². The summed E-state index contributed by atoms with van der Waals surface area (Å²) in [4.78, 5) is 29.4. The Morgan fingerprint density at radius 1 is 1.28 bits per heavy atom. The maximum absolute atomic E-state index is 12.9. The van der Waals surface area contributed by atoms with Crippen LogP contribution in [-0.2, 0) is 6.54 Å². The van der Waals surface area contributed by atoms with Crippen LogP contribution in [0.5, 0.6) is 0 Å². The minimum Gasteiger partial charge on any atom is -0.337 e. The van der Waals surface area contributed by atoms with Crippen LogP contribution < -0.4 is 0 Å². The summed E-state index contributed by atoms with van der Waals surface area (Å²) in [7, 11) is 0. The quantitative estimate of drug-likeness (QED) is 0.622. The molecule has 1 saturated heterocycles. The summed E-state index contributed by atoms with van der Waals surface area (Å²) in [5.41, 5.74) is 2.41. The fourth-order valence-electron chi connectivity index (χ4n) is 3.71. The fourth-order valence-corrected chi connectivity index (χ4v) is 5.13. The van der Waals surface area contributed by atoms with Crippen LogP contribution in [-0.4, -0.2) is 48.6 Å². The lowest BCUT2D eigenvalue weighted by molar-refractivity contribution is 0.0700. The molecule has 1 aliphatic rings. The molecular weight excluding hydrogens is 408 g/mol. The van der Waals surface area contributed by atoms with E-state index in [4.69, 9.17) is 16.6 Å². The lowest BCUT2D eigenvalue weighted by Gasteiger charge is -2.31. The largest absolute Gasteiger partial charge is 0.337 e. The van der Waals surface area contributed by atoms with E-state index in [1.54, 1.807) is 28.4 Å². The Hall–Kier alpha value is -2.32. The summed E-state index contributed by atoms with van der Waals surface area (Å²) in [6.07, 6.45) is 5.10. The number of hydrogen-bond acceptors (Lipinski definition) is 6. The van der Waals surface area contributed by atoms with Crippen LogP contribution in [0.15, 0.2) is 18.5 Å². The third-order valence-corrected chi connectivity index (χ3v) is 6.87. The first kappa shape index (κ1) is 20.0. The van der Waals surface area contributed by atoms with Gasteiger partial charge in [-0.05, 0) is 39.7 Å². The molecule has 9 heteroatoms. The highest BCUT2D eigenvalue weighted by atomic mass is 35.5. The minimum absolute atomic E-state index is 0.0414. The molecule has 0 radical (unpaired) electrons. The second-order valence-corrected chi connectivity index (χ2v) is 8.62. The van der Waals surface area contributed by atoms with E-state index < -0.39 is 0 Å². The molecule has 152 valence electrons. The summed E-state index contributed by atoms with van der Waals surface area (Å²) >= 11 is 7.91. The van der Waals surface area contributed by atoms with E-state index in [9.17, 15) is 4.79 Å². The molecule has 1 fully saturated rings. The first-order valence-electron chi connectivity index (χ1n) is 9.75. The van der Waals surface area contributed by atoms with Gasteiger partial charge in [0.25, 0.3) is 5.91 Å². The number of aromatic nitrogens is 5. The van der Waals surface area contributed by atoms with Crippen LogP contribution in [0.2, 0.25) is 5.02 Å². The molecule has 0 aromatic carbocycles. The van der Waals surface area contributed by atoms with Crippen molar-refractivity contribution in [2.75, 3.05) is 13.1 Å². The molecule has 0 N–H and O–H groups in total. The number of rotatable bonds is 4. The average molecular weight is 431 g/mol. The number of piperidine rings is 1. The number of thiazole rings is 1. The van der Waals surface area contributed by atoms with E-state index >= 15 is 0 Å². The van der Waals surface area contributed by atoms with Gasteiger partial charge in [0.15, 0.2) is 0 Å². The van der Waals surface area contributed by atoms with Crippen molar-refractivity contribution in [1.29, 1.82) is 0 Å². The topological polar surface area (TPSA) is 76.8 Å². The van der Waals surface area contributed by atoms with Gasteiger partial charge in [-0.1, -0.05) is 11.6 Å². The zero-order valence-electron chi connectivity index (χ0n) is 16.7. The van der Waals surface area contributed by atoms with Gasteiger partial charge < -0.3 is 4.90 Å². The zero-order chi connectivity index (χ0) is 20.5. The first-order valence-corrected chi connectivity index (χ1v) is 10.9. The third-order valence-electron chi connectivity index (χ3n) is 5.25. The van der Waals surface area contributed by atoms with Crippen LogP contribution in [0.3, 0.4) is 0 Å². The predicted molar refractivity (Wildman–Crippen MR) is 113 cm³/mol. The minimum atomic E-state index is -0.0414. The Balaban J connectivity index is 1.47. The van der Waals surface area contributed by atoms with Crippen molar-refractivity contribution in [2.45, 2.75) is 46.1 Å². The summed E-state index contributed by atoms with van der Waals surface area (Å²) in [6.45, 7) is 7.87. The SMILES string of the molecule is CCn1ncc(Cl)c1C(=O)N1CCC(c2nc(C)c(-c3ccnc(C)n3)s2)CC1. The van der Waals surface area contributed by atoms with Gasteiger partial charge in [0.1, 0.15) is 11.5 Å². The summed E-state index contributed by atoms with van der Waals surface area (Å²) in [5, 5.41) is 5.72. The predicted octanol–water partition coefficient (Wildman–Crippen LogP) is 4.11. The molecule has 0 spiro atoms. The highest BCUT2D eigenvalue weighted by Crippen LogP contribution is 2.37. The van der Waals surface area contributed by atoms with E-state index in [2.05, 4.69) is 15.1 Å². The Bertz CT molecular complexity index is 1040. The number of nitrogens with zero attached hydrogens (tertiary/aromatic N) is 6. The second-order valence-electron chi connectivity index (χ2n) is 7.18. The van der Waals surface area contributed by atoms with Crippen LogP contribution >= 0.6 is 22.9 Å². The van der Waals surface area contributed by atoms with Gasteiger partial charge in [-0.15, -0.1) is 11.3 Å². The number of carbonyl (C=O) groups excluding carboxylic acids is 1. The molecule has 3 aromatic rings. The highest BCUT2D eigenvalue weighted by Gasteiger charge is 2.29. The highest BCUT2D eigenvalue weighted by molar-refractivity contribution is 7.15. The molecule has 0 bridgehead atoms. The van der Waals surface area contributed by atoms with Crippen molar-refractivity contribution in [2.24, 2.45) is 0 Å². The maximum Gasteiger partial charge on any atom is 0.273 e. The van der Waals surface area contributed by atoms with E-state index in [1.807, 2.05) is 31.7 Å².